The fourth-order valence-corrected chi connectivity index (χ4v) is 1.34. The summed E-state index contributed by atoms with van der Waals surface area (Å²) >= 11 is 3.02. The lowest BCUT2D eigenvalue weighted by Crippen LogP contribution is -2.05. The Bertz CT molecular complexity index is 362. The van der Waals surface area contributed by atoms with Crippen LogP contribution in [0.3, 0.4) is 0 Å². The van der Waals surface area contributed by atoms with E-state index < -0.39 is 5.97 Å². The van der Waals surface area contributed by atoms with Crippen molar-refractivity contribution in [2.45, 2.75) is 6.92 Å². The van der Waals surface area contributed by atoms with Gasteiger partial charge in [-0.3, -0.25) is 0 Å². The van der Waals surface area contributed by atoms with Crippen LogP contribution in [0.1, 0.15) is 17.3 Å². The van der Waals surface area contributed by atoms with Gasteiger partial charge in [0.05, 0.1) is 16.6 Å². The molecule has 0 aliphatic carbocycles. The lowest BCUT2D eigenvalue weighted by molar-refractivity contribution is 0.0524. The number of ether oxygens (including phenoxy) is 1. The van der Waals surface area contributed by atoms with E-state index >= 15 is 0 Å². The Hall–Kier alpha value is -1.23. The number of hydrogen-bond donors (Lipinski definition) is 2. The second-order valence-electron chi connectivity index (χ2n) is 2.55. The largest absolute Gasteiger partial charge is 0.508 e. The van der Waals surface area contributed by atoms with Gasteiger partial charge in [-0.25, -0.2) is 4.79 Å². The molecule has 0 atom stereocenters. The number of hydrogen-bond acceptors (Lipinski definition) is 4. The van der Waals surface area contributed by atoms with Crippen LogP contribution in [0.15, 0.2) is 16.6 Å². The van der Waals surface area contributed by atoms with Crippen molar-refractivity contribution in [2.24, 2.45) is 0 Å². The smallest absolute Gasteiger partial charge is 0.339 e. The van der Waals surface area contributed by atoms with E-state index in [0.29, 0.717) is 0 Å². The van der Waals surface area contributed by atoms with Gasteiger partial charge in [-0.05, 0) is 28.9 Å². The van der Waals surface area contributed by atoms with Gasteiger partial charge in [0.25, 0.3) is 0 Å². The van der Waals surface area contributed by atoms with Crippen LogP contribution in [0.5, 0.6) is 11.5 Å². The highest BCUT2D eigenvalue weighted by molar-refractivity contribution is 9.10. The predicted octanol–water partition coefficient (Wildman–Crippen LogP) is 2.04. The van der Waals surface area contributed by atoms with Crippen LogP contribution >= 0.6 is 15.9 Å². The summed E-state index contributed by atoms with van der Waals surface area (Å²) in [5.41, 5.74) is 0.101. The molecule has 14 heavy (non-hydrogen) atoms. The van der Waals surface area contributed by atoms with Crippen LogP contribution in [0.25, 0.3) is 0 Å². The first-order chi connectivity index (χ1) is 6.56. The Balaban J connectivity index is 3.13. The van der Waals surface area contributed by atoms with Gasteiger partial charge in [0.1, 0.15) is 11.5 Å². The lowest BCUT2D eigenvalue weighted by atomic mass is 10.2. The molecule has 5 heteroatoms. The number of aromatic hydroxyl groups is 2. The van der Waals surface area contributed by atoms with Gasteiger partial charge in [0, 0.05) is 6.07 Å². The molecule has 0 aromatic heterocycles. The van der Waals surface area contributed by atoms with E-state index in [2.05, 4.69) is 15.9 Å². The number of phenolic OH excluding ortho intramolecular Hbond substituents is 2. The maximum absolute atomic E-state index is 11.3. The molecular formula is C9H9BrO4. The summed E-state index contributed by atoms with van der Waals surface area (Å²) in [5.74, 6) is -0.979. The zero-order valence-electron chi connectivity index (χ0n) is 7.45. The van der Waals surface area contributed by atoms with Crippen molar-refractivity contribution < 1.29 is 19.7 Å². The number of carbonyl (C=O) groups is 1. The minimum Gasteiger partial charge on any atom is -0.508 e. The predicted molar refractivity (Wildman–Crippen MR) is 53.4 cm³/mol. The zero-order chi connectivity index (χ0) is 10.7. The maximum atomic E-state index is 11.3. The summed E-state index contributed by atoms with van der Waals surface area (Å²) in [4.78, 5) is 11.3. The molecule has 0 heterocycles. The molecule has 0 fully saturated rings. The second kappa shape index (κ2) is 4.32. The van der Waals surface area contributed by atoms with Gasteiger partial charge >= 0.3 is 5.97 Å². The number of benzene rings is 1. The average Bonchev–Trinajstić information content (AvgIpc) is 2.11. The van der Waals surface area contributed by atoms with Crippen molar-refractivity contribution in [1.29, 1.82) is 0 Å². The fraction of sp³-hybridized carbons (Fsp3) is 0.222. The van der Waals surface area contributed by atoms with Crippen LogP contribution in [-0.4, -0.2) is 22.8 Å². The lowest BCUT2D eigenvalue weighted by Gasteiger charge is -2.06. The van der Waals surface area contributed by atoms with Crippen molar-refractivity contribution >= 4 is 21.9 Å². The molecule has 0 aliphatic rings. The molecule has 4 nitrogen and oxygen atoms in total. The van der Waals surface area contributed by atoms with E-state index in [-0.39, 0.29) is 28.1 Å². The molecule has 76 valence electrons. The van der Waals surface area contributed by atoms with Gasteiger partial charge in [-0.2, -0.15) is 0 Å². The van der Waals surface area contributed by atoms with Crippen LogP contribution < -0.4 is 0 Å². The highest BCUT2D eigenvalue weighted by Crippen LogP contribution is 2.32. The Morgan fingerprint density at radius 1 is 1.50 bits per heavy atom. The van der Waals surface area contributed by atoms with Gasteiger partial charge in [0.2, 0.25) is 0 Å². The van der Waals surface area contributed by atoms with Crippen molar-refractivity contribution in [3.63, 3.8) is 0 Å². The molecule has 0 unspecified atom stereocenters. The molecule has 2 N–H and O–H groups in total. The first kappa shape index (κ1) is 10.8. The zero-order valence-corrected chi connectivity index (χ0v) is 9.04. The van der Waals surface area contributed by atoms with Crippen molar-refractivity contribution in [3.05, 3.63) is 22.2 Å². The highest BCUT2D eigenvalue weighted by atomic mass is 79.9. The SMILES string of the molecule is CCOC(=O)c1cc(O)cc(O)c1Br. The maximum Gasteiger partial charge on any atom is 0.339 e. The van der Waals surface area contributed by atoms with E-state index in [9.17, 15) is 9.90 Å². The minimum atomic E-state index is -0.592. The molecule has 0 amide bonds. The van der Waals surface area contributed by atoms with Crippen molar-refractivity contribution in [3.8, 4) is 11.5 Å². The van der Waals surface area contributed by atoms with E-state index in [1.165, 1.54) is 6.07 Å². The number of phenols is 2. The van der Waals surface area contributed by atoms with E-state index in [4.69, 9.17) is 9.84 Å². The summed E-state index contributed by atoms with van der Waals surface area (Å²) in [7, 11) is 0. The highest BCUT2D eigenvalue weighted by Gasteiger charge is 2.15. The Labute approximate surface area is 89.3 Å². The average molecular weight is 261 g/mol. The third-order valence-electron chi connectivity index (χ3n) is 1.53. The number of carbonyl (C=O) groups excluding carboxylic acids is 1. The Morgan fingerprint density at radius 2 is 2.14 bits per heavy atom. The first-order valence-electron chi connectivity index (χ1n) is 3.94. The number of rotatable bonds is 2. The molecule has 1 rings (SSSR count). The van der Waals surface area contributed by atoms with Crippen LogP contribution in [0.2, 0.25) is 0 Å². The van der Waals surface area contributed by atoms with Gasteiger partial charge < -0.3 is 14.9 Å². The second-order valence-corrected chi connectivity index (χ2v) is 3.34. The summed E-state index contributed by atoms with van der Waals surface area (Å²) in [5, 5.41) is 18.4. The van der Waals surface area contributed by atoms with Crippen molar-refractivity contribution in [2.75, 3.05) is 6.61 Å². The monoisotopic (exact) mass is 260 g/mol. The van der Waals surface area contributed by atoms with Crippen LogP contribution in [0.4, 0.5) is 0 Å². The Kier molecular flexibility index (Phi) is 3.35. The van der Waals surface area contributed by atoms with E-state index in [1.54, 1.807) is 6.92 Å². The molecule has 0 spiro atoms. The Morgan fingerprint density at radius 3 is 2.71 bits per heavy atom. The molecular weight excluding hydrogens is 252 g/mol. The van der Waals surface area contributed by atoms with E-state index in [0.717, 1.165) is 6.07 Å². The first-order valence-corrected chi connectivity index (χ1v) is 4.74. The fourth-order valence-electron chi connectivity index (χ4n) is 0.952. The summed E-state index contributed by atoms with van der Waals surface area (Å²) in [6.07, 6.45) is 0. The van der Waals surface area contributed by atoms with Crippen LogP contribution in [-0.2, 0) is 4.74 Å². The normalized spacial score (nSPS) is 9.86. The summed E-state index contributed by atoms with van der Waals surface area (Å²) in [6, 6.07) is 2.36. The molecule has 0 bridgehead atoms. The molecule has 0 radical (unpaired) electrons. The molecule has 0 saturated heterocycles. The minimum absolute atomic E-state index is 0.101. The van der Waals surface area contributed by atoms with Crippen LogP contribution in [0, 0.1) is 0 Å². The van der Waals surface area contributed by atoms with E-state index in [1.807, 2.05) is 0 Å². The van der Waals surface area contributed by atoms with Gasteiger partial charge in [0.15, 0.2) is 0 Å². The van der Waals surface area contributed by atoms with Gasteiger partial charge in [-0.15, -0.1) is 0 Å². The number of halogens is 1. The molecule has 1 aromatic rings. The summed E-state index contributed by atoms with van der Waals surface area (Å²) < 4.78 is 4.94. The molecule has 0 aliphatic heterocycles. The molecule has 0 saturated carbocycles. The third kappa shape index (κ3) is 2.17. The summed E-state index contributed by atoms with van der Waals surface area (Å²) in [6.45, 7) is 1.91. The number of esters is 1. The van der Waals surface area contributed by atoms with Gasteiger partial charge in [-0.1, -0.05) is 0 Å². The molecule has 1 aromatic carbocycles. The van der Waals surface area contributed by atoms with Crippen molar-refractivity contribution in [1.82, 2.24) is 0 Å². The topological polar surface area (TPSA) is 66.8 Å². The third-order valence-corrected chi connectivity index (χ3v) is 2.37. The standard InChI is InChI=1S/C9H9BrO4/c1-2-14-9(13)6-3-5(11)4-7(12)8(6)10/h3-4,11-12H,2H2,1H3. The quantitative estimate of drug-likeness (QED) is 0.799.